The number of ether oxygens (including phenoxy) is 1. The van der Waals surface area contributed by atoms with Crippen LogP contribution in [0.15, 0.2) is 0 Å². The van der Waals surface area contributed by atoms with E-state index in [0.717, 1.165) is 6.42 Å². The summed E-state index contributed by atoms with van der Waals surface area (Å²) in [7, 11) is 1.26. The molecule has 1 aliphatic heterocycles. The first-order valence-electron chi connectivity index (χ1n) is 6.37. The Hall–Kier alpha value is -1.79. The Bertz CT molecular complexity index is 370. The molecule has 4 N–H and O–H groups in total. The van der Waals surface area contributed by atoms with Gasteiger partial charge in [-0.15, -0.1) is 0 Å². The smallest absolute Gasteiger partial charge is 0.407 e. The van der Waals surface area contributed by atoms with Crippen LogP contribution in [0.4, 0.5) is 4.79 Å². The van der Waals surface area contributed by atoms with E-state index < -0.39 is 12.1 Å². The van der Waals surface area contributed by atoms with Crippen LogP contribution in [0.1, 0.15) is 26.7 Å². The van der Waals surface area contributed by atoms with Gasteiger partial charge in [0.25, 0.3) is 0 Å². The number of hydrogen-bond donors (Lipinski definition) is 3. The highest BCUT2D eigenvalue weighted by Crippen LogP contribution is 2.20. The maximum absolute atomic E-state index is 12.5. The molecule has 0 aliphatic carbocycles. The number of amides is 2. The molecule has 0 aromatic carbocycles. The van der Waals surface area contributed by atoms with Gasteiger partial charge >= 0.3 is 6.09 Å². The first kappa shape index (κ1) is 15.3. The third-order valence-electron chi connectivity index (χ3n) is 3.29. The number of amidine groups is 1. The van der Waals surface area contributed by atoms with Crippen molar-refractivity contribution in [1.29, 1.82) is 5.41 Å². The summed E-state index contributed by atoms with van der Waals surface area (Å²) in [5, 5.41) is 10.1. The van der Waals surface area contributed by atoms with Gasteiger partial charge in [0.2, 0.25) is 5.91 Å². The Balaban J connectivity index is 2.81. The van der Waals surface area contributed by atoms with Gasteiger partial charge in [0.1, 0.15) is 11.9 Å². The van der Waals surface area contributed by atoms with Gasteiger partial charge in [0, 0.05) is 6.54 Å². The number of nitrogens with zero attached hydrogens (tertiary/aromatic N) is 1. The molecule has 1 aliphatic rings. The highest BCUT2D eigenvalue weighted by atomic mass is 16.5. The van der Waals surface area contributed by atoms with E-state index in [-0.39, 0.29) is 23.7 Å². The topological polar surface area (TPSA) is 109 Å². The third kappa shape index (κ3) is 3.59. The fraction of sp³-hybridized carbons (Fsp3) is 0.750. The molecule has 0 radical (unpaired) electrons. The minimum absolute atomic E-state index is 0.00794. The average molecular weight is 270 g/mol. The van der Waals surface area contributed by atoms with Crippen LogP contribution >= 0.6 is 0 Å². The van der Waals surface area contributed by atoms with Crippen LogP contribution in [0.5, 0.6) is 0 Å². The minimum atomic E-state index is -0.660. The fourth-order valence-electron chi connectivity index (χ4n) is 2.23. The Morgan fingerprint density at radius 1 is 1.47 bits per heavy atom. The zero-order valence-electron chi connectivity index (χ0n) is 11.6. The van der Waals surface area contributed by atoms with Crippen LogP contribution in [0.3, 0.4) is 0 Å². The van der Waals surface area contributed by atoms with E-state index in [1.807, 2.05) is 13.8 Å². The number of carbonyl (C=O) groups excluding carboxylic acids is 2. The second kappa shape index (κ2) is 6.40. The second-order valence-electron chi connectivity index (χ2n) is 5.00. The summed E-state index contributed by atoms with van der Waals surface area (Å²) in [5.74, 6) is -0.288. The SMILES string of the molecule is COC(=O)N[C@H](C(=O)N1CCC[C@@H]1C(=N)N)C(C)C. The minimum Gasteiger partial charge on any atom is -0.453 e. The molecule has 1 heterocycles. The molecule has 1 rings (SSSR count). The van der Waals surface area contributed by atoms with E-state index in [1.54, 1.807) is 4.90 Å². The summed E-state index contributed by atoms with van der Waals surface area (Å²) in [4.78, 5) is 25.3. The van der Waals surface area contributed by atoms with E-state index in [1.165, 1.54) is 7.11 Å². The van der Waals surface area contributed by atoms with Crippen molar-refractivity contribution >= 4 is 17.8 Å². The normalized spacial score (nSPS) is 20.2. The highest BCUT2D eigenvalue weighted by molar-refractivity contribution is 5.92. The number of nitrogens with one attached hydrogen (secondary N) is 2. The van der Waals surface area contributed by atoms with Gasteiger partial charge in [-0.3, -0.25) is 10.2 Å². The van der Waals surface area contributed by atoms with Crippen molar-refractivity contribution in [3.05, 3.63) is 0 Å². The molecule has 7 heteroatoms. The van der Waals surface area contributed by atoms with Crippen LogP contribution in [0.2, 0.25) is 0 Å². The Kier molecular flexibility index (Phi) is 5.14. The van der Waals surface area contributed by atoms with E-state index in [2.05, 4.69) is 10.1 Å². The van der Waals surface area contributed by atoms with Crippen LogP contribution in [0.25, 0.3) is 0 Å². The van der Waals surface area contributed by atoms with Crippen molar-refractivity contribution in [2.75, 3.05) is 13.7 Å². The predicted octanol–water partition coefficient (Wildman–Crippen LogP) is 0.294. The Labute approximate surface area is 113 Å². The van der Waals surface area contributed by atoms with E-state index in [4.69, 9.17) is 11.1 Å². The lowest BCUT2D eigenvalue weighted by atomic mass is 10.0. The largest absolute Gasteiger partial charge is 0.453 e. The summed E-state index contributed by atoms with van der Waals surface area (Å²) in [6, 6.07) is -1.01. The molecule has 0 spiro atoms. The first-order valence-corrected chi connectivity index (χ1v) is 6.37. The van der Waals surface area contributed by atoms with Crippen molar-refractivity contribution in [3.63, 3.8) is 0 Å². The molecular formula is C12H22N4O3. The highest BCUT2D eigenvalue weighted by Gasteiger charge is 2.36. The van der Waals surface area contributed by atoms with Crippen molar-refractivity contribution < 1.29 is 14.3 Å². The Morgan fingerprint density at radius 2 is 2.11 bits per heavy atom. The molecule has 19 heavy (non-hydrogen) atoms. The van der Waals surface area contributed by atoms with Gasteiger partial charge < -0.3 is 20.7 Å². The molecule has 108 valence electrons. The van der Waals surface area contributed by atoms with Crippen LogP contribution in [-0.4, -0.2) is 48.5 Å². The summed E-state index contributed by atoms with van der Waals surface area (Å²) in [6.45, 7) is 4.25. The monoisotopic (exact) mass is 270 g/mol. The van der Waals surface area contributed by atoms with Crippen molar-refractivity contribution in [2.45, 2.75) is 38.8 Å². The van der Waals surface area contributed by atoms with E-state index >= 15 is 0 Å². The van der Waals surface area contributed by atoms with Gasteiger partial charge in [-0.05, 0) is 18.8 Å². The van der Waals surface area contributed by atoms with Gasteiger partial charge in [0.05, 0.1) is 13.2 Å². The van der Waals surface area contributed by atoms with Gasteiger partial charge in [-0.2, -0.15) is 0 Å². The van der Waals surface area contributed by atoms with Crippen LogP contribution < -0.4 is 11.1 Å². The molecular weight excluding hydrogens is 248 g/mol. The van der Waals surface area contributed by atoms with Gasteiger partial charge in [-0.1, -0.05) is 13.8 Å². The maximum atomic E-state index is 12.5. The zero-order chi connectivity index (χ0) is 14.6. The van der Waals surface area contributed by atoms with Crippen LogP contribution in [0, 0.1) is 11.3 Å². The Morgan fingerprint density at radius 3 is 2.58 bits per heavy atom. The zero-order valence-corrected chi connectivity index (χ0v) is 11.6. The second-order valence-corrected chi connectivity index (χ2v) is 5.00. The number of hydrogen-bond acceptors (Lipinski definition) is 4. The van der Waals surface area contributed by atoms with E-state index in [0.29, 0.717) is 13.0 Å². The van der Waals surface area contributed by atoms with E-state index in [9.17, 15) is 9.59 Å². The summed E-state index contributed by atoms with van der Waals surface area (Å²) < 4.78 is 4.53. The molecule has 2 atom stereocenters. The number of nitrogens with two attached hydrogens (primary N) is 1. The van der Waals surface area contributed by atoms with Crippen molar-refractivity contribution in [1.82, 2.24) is 10.2 Å². The standard InChI is InChI=1S/C12H22N4O3/c1-7(2)9(15-12(18)19-3)11(17)16-6-4-5-8(16)10(13)14/h7-9H,4-6H2,1-3H3,(H3,13,14)(H,15,18)/t8-,9+/m1/s1. The number of likely N-dealkylation sites (tertiary alicyclic amines) is 1. The molecule has 0 bridgehead atoms. The van der Waals surface area contributed by atoms with Crippen molar-refractivity contribution in [3.8, 4) is 0 Å². The summed E-state index contributed by atoms with van der Waals surface area (Å²) >= 11 is 0. The van der Waals surface area contributed by atoms with Crippen molar-refractivity contribution in [2.24, 2.45) is 11.7 Å². The van der Waals surface area contributed by atoms with Gasteiger partial charge in [0.15, 0.2) is 0 Å². The van der Waals surface area contributed by atoms with Crippen LogP contribution in [-0.2, 0) is 9.53 Å². The quantitative estimate of drug-likeness (QED) is 0.504. The molecule has 0 aromatic rings. The lowest BCUT2D eigenvalue weighted by Crippen LogP contribution is -2.54. The molecule has 0 unspecified atom stereocenters. The molecule has 1 fully saturated rings. The lowest BCUT2D eigenvalue weighted by molar-refractivity contribution is -0.134. The lowest BCUT2D eigenvalue weighted by Gasteiger charge is -2.30. The number of rotatable bonds is 4. The molecule has 1 saturated heterocycles. The average Bonchev–Trinajstić information content (AvgIpc) is 2.83. The first-order chi connectivity index (χ1) is 8.88. The number of methoxy groups -OCH3 is 1. The predicted molar refractivity (Wildman–Crippen MR) is 70.8 cm³/mol. The van der Waals surface area contributed by atoms with Gasteiger partial charge in [-0.25, -0.2) is 4.79 Å². The molecule has 2 amide bonds. The summed E-state index contributed by atoms with van der Waals surface area (Å²) in [5.41, 5.74) is 5.51. The summed E-state index contributed by atoms with van der Waals surface area (Å²) in [6.07, 6.45) is 0.883. The molecule has 0 aromatic heterocycles. The molecule has 7 nitrogen and oxygen atoms in total. The maximum Gasteiger partial charge on any atom is 0.407 e. The number of alkyl carbamates (subject to hydrolysis) is 1. The third-order valence-corrected chi connectivity index (χ3v) is 3.29. The fourth-order valence-corrected chi connectivity index (χ4v) is 2.23. The molecule has 0 saturated carbocycles. The number of carbonyl (C=O) groups is 2.